The molecule has 76 heavy (non-hydrogen) atoms. The van der Waals surface area contributed by atoms with Crippen LogP contribution in [0, 0.1) is 0 Å². The first-order chi connectivity index (χ1) is 35.4. The van der Waals surface area contributed by atoms with Gasteiger partial charge in [0, 0.05) is 53.7 Å². The Morgan fingerprint density at radius 1 is 0.487 bits per heavy atom. The molecule has 0 spiro atoms. The van der Waals surface area contributed by atoms with Gasteiger partial charge >= 0.3 is 59.7 Å². The highest BCUT2D eigenvalue weighted by Crippen LogP contribution is 2.12. The van der Waals surface area contributed by atoms with Crippen LogP contribution in [0.5, 0.6) is 0 Å². The van der Waals surface area contributed by atoms with Crippen LogP contribution in [0.2, 0.25) is 0 Å². The maximum Gasteiger partial charge on any atom is 0.334 e. The van der Waals surface area contributed by atoms with E-state index in [9.17, 15) is 57.5 Å². The number of imide groups is 1. The maximum atomic E-state index is 11.3. The van der Waals surface area contributed by atoms with Gasteiger partial charge in [-0.1, -0.05) is 68.8 Å². The van der Waals surface area contributed by atoms with Crippen molar-refractivity contribution >= 4 is 77.6 Å². The molecule has 0 radical (unpaired) electrons. The number of hydrogen-bond acceptors (Lipinski definition) is 22. The van der Waals surface area contributed by atoms with E-state index in [0.717, 1.165) is 46.9 Å². The molecule has 1 aromatic carbocycles. The molecule has 1 heterocycles. The Bertz CT molecular complexity index is 2250. The minimum atomic E-state index is -0.611. The minimum absolute atomic E-state index is 0.0775. The highest BCUT2D eigenvalue weighted by molar-refractivity contribution is 6.14. The Hall–Kier alpha value is -9.02. The Labute approximate surface area is 442 Å². The van der Waals surface area contributed by atoms with Gasteiger partial charge in [0.05, 0.1) is 55.5 Å². The predicted octanol–water partition coefficient (Wildman–Crippen LogP) is 4.74. The fraction of sp³-hybridized carbons (Fsp3) is 0.358. The van der Waals surface area contributed by atoms with Gasteiger partial charge in [-0.15, -0.1) is 0 Å². The van der Waals surface area contributed by atoms with Gasteiger partial charge < -0.3 is 47.4 Å². The molecule has 2 rings (SSSR count). The molecule has 0 saturated heterocycles. The summed E-state index contributed by atoms with van der Waals surface area (Å²) in [7, 11) is 7.51. The Morgan fingerprint density at radius 3 is 1.26 bits per heavy atom. The monoisotopic (exact) mass is 1070 g/mol. The number of carbonyl (C=O) groups excluding carboxylic acids is 12. The second-order valence-corrected chi connectivity index (χ2v) is 15.7. The van der Waals surface area contributed by atoms with Gasteiger partial charge in [0.2, 0.25) is 0 Å². The Balaban J connectivity index is -0.000000410. The van der Waals surface area contributed by atoms with E-state index in [4.69, 9.17) is 9.47 Å². The number of hydrogen-bond donors (Lipinski definition) is 0. The third kappa shape index (κ3) is 44.9. The summed E-state index contributed by atoms with van der Waals surface area (Å²) in [5, 5.41) is 0. The maximum absolute atomic E-state index is 11.3. The lowest BCUT2D eigenvalue weighted by atomic mass is 10.1. The number of rotatable bonds is 18. The van der Waals surface area contributed by atoms with E-state index in [-0.39, 0.29) is 49.7 Å². The molecule has 0 N–H and O–H groups in total. The van der Waals surface area contributed by atoms with Crippen molar-refractivity contribution in [1.29, 1.82) is 0 Å². The molecule has 23 heteroatoms. The van der Waals surface area contributed by atoms with Crippen molar-refractivity contribution < 1.29 is 105 Å². The third-order valence-electron chi connectivity index (χ3n) is 7.17. The number of ether oxygens (including phenoxy) is 10. The summed E-state index contributed by atoms with van der Waals surface area (Å²) in [6, 6.07) is 9.59. The molecule has 0 aliphatic carbocycles. The van der Waals surface area contributed by atoms with Crippen LogP contribution in [0.3, 0.4) is 0 Å². The first-order valence-corrected chi connectivity index (χ1v) is 21.9. The summed E-state index contributed by atoms with van der Waals surface area (Å²) in [5.41, 5.74) is 0.0524. The summed E-state index contributed by atoms with van der Waals surface area (Å²) in [4.78, 5) is 130. The van der Waals surface area contributed by atoms with E-state index in [1.54, 1.807) is 47.6 Å². The van der Waals surface area contributed by atoms with Crippen LogP contribution in [0.15, 0.2) is 122 Å². The van der Waals surface area contributed by atoms with Crippen LogP contribution in [0.1, 0.15) is 59.9 Å². The van der Waals surface area contributed by atoms with Crippen molar-refractivity contribution in [2.24, 2.45) is 0 Å². The molecule has 0 saturated carbocycles. The number of methoxy groups -OCH3 is 6. The standard InChI is InChI=1S/C10H16O4.C10H10O2.C9H14O4.C9H12O4.C8H10O4.C7H7NO4/c1-7(6-8(11)13-5)9(12)14-10(2,3)4;1-12-10(11)8-7-9-5-3-2-4-6-9;1-9(2,3)13-8(11)6-5-7(10)12-4;1-4-5-13-9(11)7(2)6-8(10)12-3;1-3-6-12-8(10)5-4-7(9)11-2;1-12-7(11)4-8-5(9)2-3-6(8)10/h1,6H2,2-5H3;2-8H,1H3;5-6H,1-4H3;4H,1-2,5-6H2,3H3;3-5H,1,6H2,2H3;2-3H,4H2,1H3/b;8-7+;6-5+;;5-4-;. The van der Waals surface area contributed by atoms with Crippen molar-refractivity contribution in [3.8, 4) is 0 Å². The fourth-order valence-corrected chi connectivity index (χ4v) is 3.73. The molecule has 1 aromatic rings. The number of esters is 10. The number of nitrogens with zero attached hydrogens (tertiary/aromatic N) is 1. The molecule has 0 unspecified atom stereocenters. The lowest BCUT2D eigenvalue weighted by Gasteiger charge is -2.19. The second-order valence-electron chi connectivity index (χ2n) is 15.7. The first kappa shape index (κ1) is 73.5. The lowest BCUT2D eigenvalue weighted by Crippen LogP contribution is -2.35. The van der Waals surface area contributed by atoms with Gasteiger partial charge in [0.25, 0.3) is 11.8 Å². The average molecular weight is 1070 g/mol. The van der Waals surface area contributed by atoms with Crippen molar-refractivity contribution in [3.63, 3.8) is 0 Å². The molecular formula is C53H69NO22. The molecule has 1 aliphatic heterocycles. The van der Waals surface area contributed by atoms with Crippen molar-refractivity contribution in [2.45, 2.75) is 65.6 Å². The van der Waals surface area contributed by atoms with Gasteiger partial charge in [0.15, 0.2) is 0 Å². The Morgan fingerprint density at radius 2 is 0.868 bits per heavy atom. The SMILES string of the molecule is C=C(CC(=O)OC)C(=O)OC(C)(C)C.C=CCOC(=O)/C=C\C(=O)OC.C=CCOC(=O)C(=C)CC(=O)OC.COC(=O)/C=C/C(=O)OC(C)(C)C.COC(=O)/C=C/c1ccccc1.COC(=O)CN1C(=O)C=CC1=O. The van der Waals surface area contributed by atoms with Crippen LogP contribution in [0.25, 0.3) is 6.08 Å². The summed E-state index contributed by atoms with van der Waals surface area (Å²) in [6.07, 6.45) is 12.0. The van der Waals surface area contributed by atoms with Crippen molar-refractivity contribution in [3.05, 3.63) is 128 Å². The van der Waals surface area contributed by atoms with E-state index in [1.165, 1.54) is 60.9 Å². The van der Waals surface area contributed by atoms with Crippen LogP contribution in [0.4, 0.5) is 0 Å². The van der Waals surface area contributed by atoms with Crippen molar-refractivity contribution in [1.82, 2.24) is 4.90 Å². The number of carbonyl (C=O) groups is 12. The molecule has 418 valence electrons. The topological polar surface area (TPSA) is 300 Å². The van der Waals surface area contributed by atoms with E-state index in [2.05, 4.69) is 64.2 Å². The molecule has 0 fully saturated rings. The number of benzene rings is 1. The van der Waals surface area contributed by atoms with Gasteiger partial charge in [-0.3, -0.25) is 28.9 Å². The van der Waals surface area contributed by atoms with E-state index in [1.807, 2.05) is 30.3 Å². The smallest absolute Gasteiger partial charge is 0.334 e. The molecule has 0 aromatic heterocycles. The summed E-state index contributed by atoms with van der Waals surface area (Å²) >= 11 is 0. The molecule has 0 atom stereocenters. The van der Waals surface area contributed by atoms with E-state index >= 15 is 0 Å². The summed E-state index contributed by atoms with van der Waals surface area (Å²) in [6.45, 7) is 24.0. The molecule has 1 aliphatic rings. The highest BCUT2D eigenvalue weighted by atomic mass is 16.6. The van der Waals surface area contributed by atoms with Crippen LogP contribution in [-0.4, -0.2) is 150 Å². The lowest BCUT2D eigenvalue weighted by molar-refractivity contribution is -0.152. The van der Waals surface area contributed by atoms with Gasteiger partial charge in [0.1, 0.15) is 31.0 Å². The van der Waals surface area contributed by atoms with Gasteiger partial charge in [-0.2, -0.15) is 0 Å². The minimum Gasteiger partial charge on any atom is -0.469 e. The predicted molar refractivity (Wildman–Crippen MR) is 273 cm³/mol. The van der Waals surface area contributed by atoms with Crippen LogP contribution < -0.4 is 0 Å². The van der Waals surface area contributed by atoms with E-state index < -0.39 is 76.7 Å². The number of amides is 2. The van der Waals surface area contributed by atoms with Crippen LogP contribution >= 0.6 is 0 Å². The quantitative estimate of drug-likeness (QED) is 0.0630. The van der Waals surface area contributed by atoms with Gasteiger partial charge in [-0.05, 0) is 53.2 Å². The zero-order chi connectivity index (χ0) is 59.5. The molecule has 2 amide bonds. The normalized spacial score (nSPS) is 10.9. The zero-order valence-electron chi connectivity index (χ0n) is 45.0. The highest BCUT2D eigenvalue weighted by Gasteiger charge is 2.26. The average Bonchev–Trinajstić information content (AvgIpc) is 3.69. The van der Waals surface area contributed by atoms with Crippen LogP contribution in [-0.2, 0) is 105 Å². The fourth-order valence-electron chi connectivity index (χ4n) is 3.73. The summed E-state index contributed by atoms with van der Waals surface area (Å²) in [5.74, 6) is -6.42. The van der Waals surface area contributed by atoms with Gasteiger partial charge in [-0.25, -0.2) is 33.6 Å². The molecule has 23 nitrogen and oxygen atoms in total. The van der Waals surface area contributed by atoms with Crippen molar-refractivity contribution in [2.75, 3.05) is 62.4 Å². The molecular weight excluding hydrogens is 1000 g/mol. The third-order valence-corrected chi connectivity index (χ3v) is 7.17. The Kier molecular flexibility index (Phi) is 41.1. The zero-order valence-corrected chi connectivity index (χ0v) is 45.0. The van der Waals surface area contributed by atoms with E-state index in [0.29, 0.717) is 0 Å². The molecule has 0 bridgehead atoms. The second kappa shape index (κ2) is 42.5. The summed E-state index contributed by atoms with van der Waals surface area (Å²) < 4.78 is 45.1. The largest absolute Gasteiger partial charge is 0.469 e. The first-order valence-electron chi connectivity index (χ1n) is 21.9.